The molecule has 0 unspecified atom stereocenters. The van der Waals surface area contributed by atoms with Gasteiger partial charge in [-0.05, 0) is 43.4 Å². The fraction of sp³-hybridized carbons (Fsp3) is 0.667. The summed E-state index contributed by atoms with van der Waals surface area (Å²) in [6, 6.07) is 4.19. The summed E-state index contributed by atoms with van der Waals surface area (Å²) in [6.07, 6.45) is -0.424. The van der Waals surface area contributed by atoms with Gasteiger partial charge in [0.2, 0.25) is 0 Å². The first-order valence-electron chi connectivity index (χ1n) is 8.51. The van der Waals surface area contributed by atoms with E-state index in [1.807, 2.05) is 7.05 Å². The minimum Gasteiger partial charge on any atom is -0.385 e. The van der Waals surface area contributed by atoms with E-state index in [1.165, 1.54) is 12.1 Å². The number of halogens is 3. The molecule has 0 amide bonds. The van der Waals surface area contributed by atoms with Gasteiger partial charge in [-0.25, -0.2) is 0 Å². The second-order valence-corrected chi connectivity index (χ2v) is 6.99. The number of ether oxygens (including phenoxy) is 1. The number of hydrogen-bond donors (Lipinski definition) is 0. The number of anilines is 1. The normalized spacial score (nSPS) is 20.6. The number of benzene rings is 1. The second kappa shape index (κ2) is 6.56. The van der Waals surface area contributed by atoms with Crippen LogP contribution >= 0.6 is 0 Å². The molecule has 1 aromatic rings. The van der Waals surface area contributed by atoms with Crippen LogP contribution < -0.4 is 4.90 Å². The van der Waals surface area contributed by atoms with Crippen LogP contribution in [0.25, 0.3) is 0 Å². The Morgan fingerprint density at radius 1 is 1.21 bits per heavy atom. The Hall–Kier alpha value is -1.27. The Balaban J connectivity index is 1.69. The molecule has 0 radical (unpaired) electrons. The lowest BCUT2D eigenvalue weighted by molar-refractivity contribution is -0.137. The Morgan fingerprint density at radius 3 is 2.54 bits per heavy atom. The van der Waals surface area contributed by atoms with Crippen molar-refractivity contribution in [2.24, 2.45) is 0 Å². The third-order valence-corrected chi connectivity index (χ3v) is 5.61. The van der Waals surface area contributed by atoms with Crippen LogP contribution in [0.1, 0.15) is 30.4 Å². The minimum absolute atomic E-state index is 0.0235. The molecule has 134 valence electrons. The lowest BCUT2D eigenvalue weighted by Crippen LogP contribution is -2.53. The molecular formula is C18H25F3N2O. The first-order chi connectivity index (χ1) is 11.4. The Morgan fingerprint density at radius 2 is 1.92 bits per heavy atom. The zero-order chi connectivity index (χ0) is 17.4. The Kier molecular flexibility index (Phi) is 4.80. The van der Waals surface area contributed by atoms with Gasteiger partial charge in [0.05, 0.1) is 5.56 Å². The summed E-state index contributed by atoms with van der Waals surface area (Å²) in [5.74, 6) is 0. The van der Waals surface area contributed by atoms with Gasteiger partial charge in [-0.2, -0.15) is 13.2 Å². The van der Waals surface area contributed by atoms with Crippen LogP contribution in [-0.2, 0) is 17.3 Å². The van der Waals surface area contributed by atoms with Crippen LogP contribution in [0.3, 0.4) is 0 Å². The molecule has 1 aromatic carbocycles. The number of rotatable bonds is 4. The third kappa shape index (κ3) is 3.26. The number of piperidine rings is 1. The van der Waals surface area contributed by atoms with Gasteiger partial charge in [-0.15, -0.1) is 0 Å². The van der Waals surface area contributed by atoms with E-state index >= 15 is 0 Å². The monoisotopic (exact) mass is 342 g/mol. The first kappa shape index (κ1) is 17.5. The highest BCUT2D eigenvalue weighted by Gasteiger charge is 2.44. The lowest BCUT2D eigenvalue weighted by Gasteiger charge is -2.44. The molecule has 2 heterocycles. The first-order valence-corrected chi connectivity index (χ1v) is 8.51. The third-order valence-electron chi connectivity index (χ3n) is 5.61. The molecule has 1 fully saturated rings. The van der Waals surface area contributed by atoms with Crippen molar-refractivity contribution in [3.63, 3.8) is 0 Å². The van der Waals surface area contributed by atoms with Crippen LogP contribution in [0.4, 0.5) is 18.9 Å². The van der Waals surface area contributed by atoms with Gasteiger partial charge in [0.15, 0.2) is 0 Å². The van der Waals surface area contributed by atoms with Gasteiger partial charge < -0.3 is 14.5 Å². The van der Waals surface area contributed by atoms with Crippen LogP contribution in [-0.4, -0.2) is 50.8 Å². The highest BCUT2D eigenvalue weighted by atomic mass is 19.4. The molecule has 0 aliphatic carbocycles. The van der Waals surface area contributed by atoms with Crippen molar-refractivity contribution in [3.05, 3.63) is 29.3 Å². The summed E-state index contributed by atoms with van der Waals surface area (Å²) in [5, 5.41) is 0. The van der Waals surface area contributed by atoms with E-state index in [4.69, 9.17) is 4.74 Å². The second-order valence-electron chi connectivity index (χ2n) is 6.99. The van der Waals surface area contributed by atoms with Crippen molar-refractivity contribution in [1.82, 2.24) is 4.90 Å². The predicted molar refractivity (Wildman–Crippen MR) is 88.4 cm³/mol. The topological polar surface area (TPSA) is 15.7 Å². The summed E-state index contributed by atoms with van der Waals surface area (Å²) in [7, 11) is 3.66. The van der Waals surface area contributed by atoms with Crippen molar-refractivity contribution < 1.29 is 17.9 Å². The van der Waals surface area contributed by atoms with Gasteiger partial charge in [0, 0.05) is 51.6 Å². The van der Waals surface area contributed by atoms with Crippen LogP contribution in [0.5, 0.6) is 0 Å². The number of likely N-dealkylation sites (tertiary alicyclic amines) is 1. The molecule has 6 heteroatoms. The van der Waals surface area contributed by atoms with E-state index in [1.54, 1.807) is 13.2 Å². The summed E-state index contributed by atoms with van der Waals surface area (Å²) in [5.41, 5.74) is 1.21. The average Bonchev–Trinajstić information content (AvgIpc) is 2.81. The van der Waals surface area contributed by atoms with E-state index in [2.05, 4.69) is 9.80 Å². The molecular weight excluding hydrogens is 317 g/mol. The number of likely N-dealkylation sites (N-methyl/N-ethyl adjacent to an activating group) is 1. The van der Waals surface area contributed by atoms with Gasteiger partial charge in [0.25, 0.3) is 0 Å². The maximum Gasteiger partial charge on any atom is 0.416 e. The van der Waals surface area contributed by atoms with E-state index < -0.39 is 11.7 Å². The quantitative estimate of drug-likeness (QED) is 0.778. The van der Waals surface area contributed by atoms with Crippen molar-refractivity contribution in [3.8, 4) is 0 Å². The highest BCUT2D eigenvalue weighted by molar-refractivity contribution is 5.63. The largest absolute Gasteiger partial charge is 0.416 e. The number of alkyl halides is 3. The summed E-state index contributed by atoms with van der Waals surface area (Å²) in [4.78, 5) is 4.53. The number of nitrogens with zero attached hydrogens (tertiary/aromatic N) is 2. The molecule has 3 nitrogen and oxygen atoms in total. The predicted octanol–water partition coefficient (Wildman–Crippen LogP) is 3.57. The molecule has 1 spiro atoms. The number of fused-ring (bicyclic) bond motifs is 1. The molecule has 0 N–H and O–H groups in total. The number of hydrogen-bond acceptors (Lipinski definition) is 3. The zero-order valence-electron chi connectivity index (χ0n) is 14.3. The molecule has 2 aliphatic heterocycles. The fourth-order valence-electron chi connectivity index (χ4n) is 4.07. The maximum atomic E-state index is 13.0. The lowest BCUT2D eigenvalue weighted by atomic mass is 9.84. The summed E-state index contributed by atoms with van der Waals surface area (Å²) < 4.78 is 44.0. The van der Waals surface area contributed by atoms with E-state index in [9.17, 15) is 13.2 Å². The number of methoxy groups -OCH3 is 1. The zero-order valence-corrected chi connectivity index (χ0v) is 14.3. The van der Waals surface area contributed by atoms with Crippen LogP contribution in [0, 0.1) is 0 Å². The van der Waals surface area contributed by atoms with Crippen molar-refractivity contribution in [2.75, 3.05) is 45.3 Å². The van der Waals surface area contributed by atoms with Crippen molar-refractivity contribution in [2.45, 2.75) is 37.4 Å². The van der Waals surface area contributed by atoms with Crippen molar-refractivity contribution >= 4 is 5.69 Å². The van der Waals surface area contributed by atoms with Gasteiger partial charge in [-0.1, -0.05) is 6.07 Å². The molecule has 1 saturated heterocycles. The standard InChI is InChI=1S/C18H25F3N2O/c1-22-16-12-15(18(19,20)21)5-4-14(16)13-17(22)6-9-23(10-7-17)8-3-11-24-2/h4-5,12H,3,6-11,13H2,1-2H3. The smallest absolute Gasteiger partial charge is 0.385 e. The SMILES string of the molecule is COCCCN1CCC2(CC1)Cc1ccc(C(F)(F)F)cc1N2C. The Labute approximate surface area is 141 Å². The van der Waals surface area contributed by atoms with Crippen molar-refractivity contribution in [1.29, 1.82) is 0 Å². The fourth-order valence-corrected chi connectivity index (χ4v) is 4.07. The molecule has 0 aromatic heterocycles. The molecule has 0 bridgehead atoms. The molecule has 24 heavy (non-hydrogen) atoms. The Bertz CT molecular complexity index is 580. The van der Waals surface area contributed by atoms with E-state index in [0.29, 0.717) is 0 Å². The van der Waals surface area contributed by atoms with Crippen LogP contribution in [0.2, 0.25) is 0 Å². The molecule has 3 rings (SSSR count). The summed E-state index contributed by atoms with van der Waals surface area (Å²) in [6.45, 7) is 3.79. The van der Waals surface area contributed by atoms with Gasteiger partial charge in [0.1, 0.15) is 0 Å². The summed E-state index contributed by atoms with van der Waals surface area (Å²) >= 11 is 0. The molecule has 2 aliphatic rings. The molecule has 0 saturated carbocycles. The van der Waals surface area contributed by atoms with E-state index in [-0.39, 0.29) is 5.54 Å². The minimum atomic E-state index is -4.28. The van der Waals surface area contributed by atoms with E-state index in [0.717, 1.165) is 63.2 Å². The van der Waals surface area contributed by atoms with Gasteiger partial charge >= 0.3 is 6.18 Å². The molecule has 0 atom stereocenters. The highest BCUT2D eigenvalue weighted by Crippen LogP contribution is 2.45. The average molecular weight is 342 g/mol. The van der Waals surface area contributed by atoms with Crippen LogP contribution in [0.15, 0.2) is 18.2 Å². The van der Waals surface area contributed by atoms with Gasteiger partial charge in [-0.3, -0.25) is 0 Å². The maximum absolute atomic E-state index is 13.0.